The molecule has 3 aliphatic carbocycles. The molecule has 0 saturated heterocycles. The molecule has 32 heavy (non-hydrogen) atoms. The van der Waals surface area contributed by atoms with Crippen LogP contribution in [0.15, 0.2) is 59.1 Å². The lowest BCUT2D eigenvalue weighted by molar-refractivity contribution is 0.0704. The first kappa shape index (κ1) is 21.5. The van der Waals surface area contributed by atoms with Gasteiger partial charge in [0.25, 0.3) is 10.0 Å². The fourth-order valence-electron chi connectivity index (χ4n) is 6.35. The Labute approximate surface area is 191 Å². The molecular formula is C26H32N2O3S. The predicted molar refractivity (Wildman–Crippen MR) is 126 cm³/mol. The second-order valence-corrected chi connectivity index (χ2v) is 11.5. The molecule has 0 radical (unpaired) electrons. The monoisotopic (exact) mass is 452 g/mol. The van der Waals surface area contributed by atoms with Crippen LogP contribution in [-0.2, 0) is 16.4 Å². The van der Waals surface area contributed by atoms with Crippen molar-refractivity contribution in [3.8, 4) is 5.75 Å². The van der Waals surface area contributed by atoms with E-state index in [2.05, 4.69) is 41.5 Å². The van der Waals surface area contributed by atoms with E-state index in [0.717, 1.165) is 42.7 Å². The largest absolute Gasteiger partial charge is 0.497 e. The van der Waals surface area contributed by atoms with Gasteiger partial charge in [0.15, 0.2) is 0 Å². The molecule has 0 heterocycles. The maximum absolute atomic E-state index is 12.8. The van der Waals surface area contributed by atoms with Gasteiger partial charge in [-0.3, -0.25) is 0 Å². The highest BCUT2D eigenvalue weighted by Gasteiger charge is 2.52. The topological polar surface area (TPSA) is 67.4 Å². The molecule has 0 bridgehead atoms. The Morgan fingerprint density at radius 1 is 1.09 bits per heavy atom. The van der Waals surface area contributed by atoms with Gasteiger partial charge in [-0.15, -0.1) is 4.83 Å². The number of nitrogens with one attached hydrogen (secondary N) is 2. The maximum Gasteiger partial charge on any atom is 0.257 e. The third kappa shape index (κ3) is 3.54. The highest BCUT2D eigenvalue weighted by molar-refractivity contribution is 7.89. The smallest absolute Gasteiger partial charge is 0.257 e. The first-order valence-electron chi connectivity index (χ1n) is 11.5. The third-order valence-electron chi connectivity index (χ3n) is 8.17. The Kier molecular flexibility index (Phi) is 5.33. The second kappa shape index (κ2) is 7.92. The first-order valence-corrected chi connectivity index (χ1v) is 13.0. The fraction of sp³-hybridized carbons (Fsp3) is 0.462. The van der Waals surface area contributed by atoms with Gasteiger partial charge >= 0.3 is 0 Å². The van der Waals surface area contributed by atoms with E-state index in [0.29, 0.717) is 17.8 Å². The number of hydrogen-bond acceptors (Lipinski definition) is 4. The molecule has 170 valence electrons. The minimum Gasteiger partial charge on any atom is -0.497 e. The number of hydrogen-bond donors (Lipinski definition) is 2. The predicted octanol–water partition coefficient (Wildman–Crippen LogP) is 4.84. The normalized spacial score (nSPS) is 28.8. The molecule has 0 aromatic heterocycles. The van der Waals surface area contributed by atoms with Crippen molar-refractivity contribution in [3.63, 3.8) is 0 Å². The van der Waals surface area contributed by atoms with Gasteiger partial charge < -0.3 is 10.2 Å². The number of hydrazine groups is 1. The molecule has 0 unspecified atom stereocenters. The molecule has 0 aliphatic heterocycles. The number of ether oxygens (including phenoxy) is 1. The number of aryl methyl sites for hydroxylation is 2. The second-order valence-electron chi connectivity index (χ2n) is 9.83. The quantitative estimate of drug-likeness (QED) is 0.637. The van der Waals surface area contributed by atoms with Crippen molar-refractivity contribution in [1.29, 1.82) is 0 Å². The molecule has 2 aromatic rings. The van der Waals surface area contributed by atoms with Crippen LogP contribution >= 0.6 is 0 Å². The zero-order valence-electron chi connectivity index (χ0n) is 19.0. The molecule has 2 aromatic carbocycles. The summed E-state index contributed by atoms with van der Waals surface area (Å²) in [6, 6.07) is 13.5. The number of fused-ring (bicyclic) bond motifs is 5. The van der Waals surface area contributed by atoms with Crippen molar-refractivity contribution in [2.24, 2.45) is 17.3 Å². The van der Waals surface area contributed by atoms with Crippen molar-refractivity contribution < 1.29 is 13.2 Å². The zero-order valence-corrected chi connectivity index (χ0v) is 19.8. The lowest BCUT2D eigenvalue weighted by Gasteiger charge is -2.50. The highest BCUT2D eigenvalue weighted by atomic mass is 32.2. The minimum absolute atomic E-state index is 0.0268. The van der Waals surface area contributed by atoms with E-state index in [1.54, 1.807) is 19.2 Å². The van der Waals surface area contributed by atoms with Crippen molar-refractivity contribution in [3.05, 3.63) is 70.9 Å². The third-order valence-corrected chi connectivity index (χ3v) is 9.43. The molecule has 0 amide bonds. The van der Waals surface area contributed by atoms with Crippen LogP contribution in [0.4, 0.5) is 0 Å². The van der Waals surface area contributed by atoms with E-state index in [9.17, 15) is 8.42 Å². The van der Waals surface area contributed by atoms with Crippen LogP contribution in [0.5, 0.6) is 5.75 Å². The lowest BCUT2D eigenvalue weighted by Crippen LogP contribution is -2.46. The fourth-order valence-corrected chi connectivity index (χ4v) is 7.20. The standard InChI is InChI=1S/C26H32N2O3S/c1-17-4-8-20(9-5-17)32(29,30)28-27-25-13-12-24-23-10-6-18-16-19(31-3)7-11-21(18)22(23)14-15-26(24,25)2/h4-5,7-9,11,13,16,22-24,27-28H,6,10,12,14-15H2,1-3H3/t22-,23+,24-,26-/m0/s1. The average molecular weight is 453 g/mol. The number of methoxy groups -OCH3 is 1. The summed E-state index contributed by atoms with van der Waals surface area (Å²) in [5, 5.41) is 0. The van der Waals surface area contributed by atoms with Crippen LogP contribution in [0.2, 0.25) is 0 Å². The molecule has 1 saturated carbocycles. The minimum atomic E-state index is -3.61. The van der Waals surface area contributed by atoms with Crippen LogP contribution < -0.4 is 15.0 Å². The number of rotatable bonds is 5. The Morgan fingerprint density at radius 2 is 1.88 bits per heavy atom. The Morgan fingerprint density at radius 3 is 2.62 bits per heavy atom. The van der Waals surface area contributed by atoms with E-state index in [1.165, 1.54) is 17.5 Å². The van der Waals surface area contributed by atoms with Gasteiger partial charge in [0.1, 0.15) is 5.75 Å². The average Bonchev–Trinajstić information content (AvgIpc) is 3.13. The molecule has 2 N–H and O–H groups in total. The van der Waals surface area contributed by atoms with E-state index < -0.39 is 10.0 Å². The van der Waals surface area contributed by atoms with E-state index in [-0.39, 0.29) is 10.3 Å². The van der Waals surface area contributed by atoms with Crippen molar-refractivity contribution >= 4 is 10.0 Å². The van der Waals surface area contributed by atoms with Gasteiger partial charge in [-0.05, 0) is 92.2 Å². The molecule has 6 heteroatoms. The van der Waals surface area contributed by atoms with Crippen LogP contribution in [0, 0.1) is 24.2 Å². The van der Waals surface area contributed by atoms with E-state index >= 15 is 0 Å². The number of allylic oxidation sites excluding steroid dienone is 2. The van der Waals surface area contributed by atoms with Gasteiger partial charge in [-0.1, -0.05) is 36.8 Å². The van der Waals surface area contributed by atoms with Gasteiger partial charge in [0.05, 0.1) is 12.0 Å². The van der Waals surface area contributed by atoms with Crippen LogP contribution in [-0.4, -0.2) is 15.5 Å². The Balaban J connectivity index is 1.32. The van der Waals surface area contributed by atoms with Crippen molar-refractivity contribution in [1.82, 2.24) is 10.3 Å². The summed E-state index contributed by atoms with van der Waals surface area (Å²) >= 11 is 0. The molecule has 0 spiro atoms. The van der Waals surface area contributed by atoms with Crippen LogP contribution in [0.1, 0.15) is 55.2 Å². The van der Waals surface area contributed by atoms with Crippen LogP contribution in [0.3, 0.4) is 0 Å². The van der Waals surface area contributed by atoms with E-state index in [4.69, 9.17) is 4.74 Å². The SMILES string of the molecule is COc1ccc2c(c1)CC[C@@H]1[C@H]2CC[C@]2(C)C(NNS(=O)(=O)c3ccc(C)cc3)=CC[C@@H]12. The summed E-state index contributed by atoms with van der Waals surface area (Å²) < 4.78 is 31.0. The molecular weight excluding hydrogens is 420 g/mol. The highest BCUT2D eigenvalue weighted by Crippen LogP contribution is 2.60. The van der Waals surface area contributed by atoms with Gasteiger partial charge in [-0.25, -0.2) is 8.42 Å². The van der Waals surface area contributed by atoms with Gasteiger partial charge in [0.2, 0.25) is 0 Å². The molecule has 5 rings (SSSR count). The maximum atomic E-state index is 12.8. The zero-order chi connectivity index (χ0) is 22.5. The lowest BCUT2D eigenvalue weighted by atomic mass is 9.55. The Bertz CT molecular complexity index is 1160. The van der Waals surface area contributed by atoms with Gasteiger partial charge in [0, 0.05) is 11.1 Å². The summed E-state index contributed by atoms with van der Waals surface area (Å²) in [6.45, 7) is 4.26. The van der Waals surface area contributed by atoms with Gasteiger partial charge in [-0.2, -0.15) is 0 Å². The summed E-state index contributed by atoms with van der Waals surface area (Å²) in [7, 11) is -1.89. The number of sulfonamides is 1. The van der Waals surface area contributed by atoms with Crippen molar-refractivity contribution in [2.45, 2.75) is 56.8 Å². The molecule has 1 fully saturated rings. The van der Waals surface area contributed by atoms with Crippen LogP contribution in [0.25, 0.3) is 0 Å². The molecule has 3 aliphatic rings. The van der Waals surface area contributed by atoms with E-state index in [1.807, 2.05) is 19.1 Å². The summed E-state index contributed by atoms with van der Waals surface area (Å²) in [5.41, 5.74) is 8.07. The first-order chi connectivity index (χ1) is 15.3. The van der Waals surface area contributed by atoms with Crippen molar-refractivity contribution in [2.75, 3.05) is 7.11 Å². The Hall–Kier alpha value is -2.31. The summed E-state index contributed by atoms with van der Waals surface area (Å²) in [4.78, 5) is 2.91. The summed E-state index contributed by atoms with van der Waals surface area (Å²) in [5.74, 6) is 2.68. The molecule has 5 nitrogen and oxygen atoms in total. The number of benzene rings is 2. The summed E-state index contributed by atoms with van der Waals surface area (Å²) in [6.07, 6.45) is 7.66. The molecule has 4 atom stereocenters.